The first-order valence-electron chi connectivity index (χ1n) is 17.5. The van der Waals surface area contributed by atoms with Gasteiger partial charge in [0, 0.05) is 53.0 Å². The van der Waals surface area contributed by atoms with Crippen molar-refractivity contribution in [3.63, 3.8) is 0 Å². The number of likely N-dealkylation sites (tertiary alicyclic amines) is 1. The van der Waals surface area contributed by atoms with Gasteiger partial charge < -0.3 is 14.6 Å². The van der Waals surface area contributed by atoms with Gasteiger partial charge in [0.25, 0.3) is 0 Å². The first kappa shape index (κ1) is 34.4. The molecule has 2 saturated heterocycles. The predicted octanol–water partition coefficient (Wildman–Crippen LogP) is 6.63. The average Bonchev–Trinajstić information content (AvgIpc) is 3.79. The zero-order valence-electron chi connectivity index (χ0n) is 29.7. The number of aromatic nitrogens is 2. The quantitative estimate of drug-likeness (QED) is 0.165. The number of anilines is 1. The Kier molecular flexibility index (Phi) is 8.07. The Balaban J connectivity index is 1.28. The molecule has 4 heterocycles. The molecule has 1 N–H and O–H groups in total. The van der Waals surface area contributed by atoms with Crippen molar-refractivity contribution in [1.29, 1.82) is 0 Å². The van der Waals surface area contributed by atoms with Gasteiger partial charge in [-0.15, -0.1) is 11.3 Å². The standard InChI is InChI=1S/C39H39ClN4O7S/c1-7-12-43-35(46)22-10-9-21-24(31(22)37(43)48)16-25-36(47)44(38(49)39(25,3)33(21)32-27(45)14-20(50-5)15-28(32)51-6)30-17-26(41-42(30)4)34-18(2)23-13-19(40)8-11-29(23)52-34/h8-9,11,13-15,17,22,24-25,31,33,45H,7,10,12,16H2,1-6H3/t22-,24+,25-,31-,33+,39+/m0/s1. The van der Waals surface area contributed by atoms with Gasteiger partial charge >= 0.3 is 0 Å². The van der Waals surface area contributed by atoms with E-state index in [1.165, 1.54) is 30.1 Å². The molecule has 13 heteroatoms. The van der Waals surface area contributed by atoms with Crippen molar-refractivity contribution >= 4 is 62.5 Å². The van der Waals surface area contributed by atoms with Crippen LogP contribution in [0.2, 0.25) is 5.02 Å². The van der Waals surface area contributed by atoms with Gasteiger partial charge in [0.2, 0.25) is 23.6 Å². The van der Waals surface area contributed by atoms with Crippen molar-refractivity contribution in [3.8, 4) is 27.8 Å². The van der Waals surface area contributed by atoms with Gasteiger partial charge in [-0.05, 0) is 68.2 Å². The Morgan fingerprint density at radius 2 is 1.81 bits per heavy atom. The minimum absolute atomic E-state index is 0.159. The van der Waals surface area contributed by atoms with E-state index in [-0.39, 0.29) is 29.7 Å². The number of amides is 4. The summed E-state index contributed by atoms with van der Waals surface area (Å²) in [6, 6.07) is 10.6. The second-order valence-electron chi connectivity index (χ2n) is 14.5. The number of methoxy groups -OCH3 is 2. The van der Waals surface area contributed by atoms with Gasteiger partial charge in [-0.3, -0.25) is 28.8 Å². The lowest BCUT2D eigenvalue weighted by atomic mass is 9.51. The van der Waals surface area contributed by atoms with Crippen LogP contribution >= 0.6 is 22.9 Å². The molecule has 4 aliphatic rings. The van der Waals surface area contributed by atoms with Gasteiger partial charge in [-0.2, -0.15) is 5.10 Å². The van der Waals surface area contributed by atoms with E-state index in [4.69, 9.17) is 26.2 Å². The molecule has 270 valence electrons. The van der Waals surface area contributed by atoms with E-state index >= 15 is 4.79 Å². The Morgan fingerprint density at radius 3 is 2.52 bits per heavy atom. The van der Waals surface area contributed by atoms with Crippen LogP contribution in [0.4, 0.5) is 5.82 Å². The number of hydrogen-bond acceptors (Lipinski definition) is 9. The van der Waals surface area contributed by atoms with Crippen molar-refractivity contribution < 1.29 is 33.8 Å². The molecule has 4 amide bonds. The largest absolute Gasteiger partial charge is 0.507 e. The molecule has 2 aromatic carbocycles. The minimum atomic E-state index is -1.39. The van der Waals surface area contributed by atoms with E-state index in [1.807, 2.05) is 38.1 Å². The van der Waals surface area contributed by atoms with Crippen LogP contribution in [0.15, 0.2) is 48.0 Å². The van der Waals surface area contributed by atoms with Crippen LogP contribution in [-0.2, 0) is 26.2 Å². The van der Waals surface area contributed by atoms with E-state index in [1.54, 1.807) is 42.1 Å². The molecule has 0 spiro atoms. The summed E-state index contributed by atoms with van der Waals surface area (Å²) in [6.07, 6.45) is 3.10. The summed E-state index contributed by atoms with van der Waals surface area (Å²) in [5.74, 6) is -3.98. The topological polar surface area (TPSA) is 131 Å². The molecule has 3 fully saturated rings. The Labute approximate surface area is 309 Å². The molecule has 0 radical (unpaired) electrons. The number of halogens is 1. The van der Waals surface area contributed by atoms with E-state index in [0.29, 0.717) is 47.2 Å². The average molecular weight is 743 g/mol. The molecule has 4 aromatic rings. The van der Waals surface area contributed by atoms with Crippen LogP contribution in [0.3, 0.4) is 0 Å². The number of phenols is 1. The first-order chi connectivity index (χ1) is 24.8. The van der Waals surface area contributed by atoms with Crippen molar-refractivity contribution in [2.45, 2.75) is 46.0 Å². The Hall–Kier alpha value is -4.68. The maximum atomic E-state index is 15.1. The fraction of sp³-hybridized carbons (Fsp3) is 0.410. The number of nitrogens with zero attached hydrogens (tertiary/aromatic N) is 4. The third-order valence-electron chi connectivity index (χ3n) is 11.9. The van der Waals surface area contributed by atoms with Crippen LogP contribution in [0.1, 0.15) is 50.2 Å². The molecule has 1 saturated carbocycles. The molecule has 2 aliphatic carbocycles. The van der Waals surface area contributed by atoms with Crippen LogP contribution < -0.4 is 14.4 Å². The van der Waals surface area contributed by atoms with E-state index < -0.39 is 46.8 Å². The van der Waals surface area contributed by atoms with Crippen LogP contribution in [-0.4, -0.2) is 64.2 Å². The molecule has 0 unspecified atom stereocenters. The SMILES string of the molecule is CCCN1C(=O)[C@H]2[C@H](CC=C3[C@H]2C[C@H]2C(=O)N(c4cc(-c5sc6ccc(Cl)cc6c5C)nn4C)C(=O)[C@@]2(C)[C@H]3c2c(O)cc(OC)cc2OC)C1=O. The highest BCUT2D eigenvalue weighted by atomic mass is 35.5. The summed E-state index contributed by atoms with van der Waals surface area (Å²) >= 11 is 7.87. The number of hydrogen-bond donors (Lipinski definition) is 1. The molecule has 8 rings (SSSR count). The van der Waals surface area contributed by atoms with Crippen LogP contribution in [0, 0.1) is 36.0 Å². The highest BCUT2D eigenvalue weighted by molar-refractivity contribution is 7.22. The summed E-state index contributed by atoms with van der Waals surface area (Å²) in [4.78, 5) is 61.0. The summed E-state index contributed by atoms with van der Waals surface area (Å²) in [5.41, 5.74) is 1.30. The first-order valence-corrected chi connectivity index (χ1v) is 18.7. The molecule has 52 heavy (non-hydrogen) atoms. The summed E-state index contributed by atoms with van der Waals surface area (Å²) in [7, 11) is 4.65. The molecule has 11 nitrogen and oxygen atoms in total. The normalized spacial score (nSPS) is 26.9. The van der Waals surface area contributed by atoms with E-state index in [9.17, 15) is 19.5 Å². The highest BCUT2D eigenvalue weighted by Gasteiger charge is 2.68. The Morgan fingerprint density at radius 1 is 1.04 bits per heavy atom. The molecular formula is C39H39ClN4O7S. The van der Waals surface area contributed by atoms with Gasteiger partial charge in [0.05, 0.1) is 42.3 Å². The smallest absolute Gasteiger partial charge is 0.242 e. The van der Waals surface area contributed by atoms with Gasteiger partial charge in [0.15, 0.2) is 0 Å². The summed E-state index contributed by atoms with van der Waals surface area (Å²) in [6.45, 7) is 6.02. The van der Waals surface area contributed by atoms with Crippen molar-refractivity contribution in [1.82, 2.24) is 14.7 Å². The number of carbonyl (C=O) groups excluding carboxylic acids is 4. The number of allylic oxidation sites excluding steroid dienone is 2. The molecule has 2 aliphatic heterocycles. The number of ether oxygens (including phenoxy) is 2. The number of phenolic OH excluding ortho intramolecular Hbond substituents is 1. The van der Waals surface area contributed by atoms with Gasteiger partial charge in [0.1, 0.15) is 28.8 Å². The highest BCUT2D eigenvalue weighted by Crippen LogP contribution is 2.65. The van der Waals surface area contributed by atoms with Crippen molar-refractivity contribution in [2.75, 3.05) is 25.7 Å². The fourth-order valence-corrected chi connectivity index (χ4v) is 10.7. The number of aryl methyl sites for hydroxylation is 2. The molecule has 6 atom stereocenters. The zero-order valence-corrected chi connectivity index (χ0v) is 31.3. The van der Waals surface area contributed by atoms with Crippen molar-refractivity contribution in [2.24, 2.45) is 36.1 Å². The minimum Gasteiger partial charge on any atom is -0.507 e. The number of benzene rings is 2. The number of imide groups is 2. The zero-order chi connectivity index (χ0) is 37.0. The molecular weight excluding hydrogens is 704 g/mol. The van der Waals surface area contributed by atoms with Gasteiger partial charge in [-0.1, -0.05) is 30.2 Å². The number of thiophene rings is 1. The third kappa shape index (κ3) is 4.65. The molecule has 2 aromatic heterocycles. The molecule has 0 bridgehead atoms. The van der Waals surface area contributed by atoms with E-state index in [0.717, 1.165) is 26.1 Å². The maximum Gasteiger partial charge on any atom is 0.242 e. The number of fused-ring (bicyclic) bond motifs is 5. The van der Waals surface area contributed by atoms with Crippen LogP contribution in [0.5, 0.6) is 17.2 Å². The third-order valence-corrected chi connectivity index (χ3v) is 13.4. The second-order valence-corrected chi connectivity index (χ2v) is 15.9. The maximum absolute atomic E-state index is 15.1. The number of rotatable bonds is 7. The lowest BCUT2D eigenvalue weighted by Crippen LogP contribution is -2.49. The lowest BCUT2D eigenvalue weighted by Gasteiger charge is -2.49. The number of aromatic hydroxyl groups is 1. The van der Waals surface area contributed by atoms with Gasteiger partial charge in [-0.25, -0.2) is 4.90 Å². The summed E-state index contributed by atoms with van der Waals surface area (Å²) < 4.78 is 13.8. The number of carbonyl (C=O) groups is 4. The fourth-order valence-electron chi connectivity index (χ4n) is 9.43. The summed E-state index contributed by atoms with van der Waals surface area (Å²) in [5, 5.41) is 18.1. The lowest BCUT2D eigenvalue weighted by molar-refractivity contribution is -0.140. The van der Waals surface area contributed by atoms with Crippen molar-refractivity contribution in [3.05, 3.63) is 64.2 Å². The predicted molar refractivity (Wildman–Crippen MR) is 197 cm³/mol. The van der Waals surface area contributed by atoms with Crippen LogP contribution in [0.25, 0.3) is 20.7 Å². The second kappa shape index (κ2) is 12.2. The Bertz CT molecular complexity index is 2260. The monoisotopic (exact) mass is 742 g/mol. The van der Waals surface area contributed by atoms with E-state index in [2.05, 4.69) is 0 Å².